The molecule has 0 saturated carbocycles. The molecule has 2 aromatic heterocycles. The van der Waals surface area contributed by atoms with Crippen molar-refractivity contribution in [1.29, 1.82) is 0 Å². The number of hydrogen-bond donors (Lipinski definition) is 1. The van der Waals surface area contributed by atoms with Crippen molar-refractivity contribution >= 4 is 12.4 Å². The molecule has 3 nitrogen and oxygen atoms in total. The van der Waals surface area contributed by atoms with Crippen molar-refractivity contribution in [2.24, 2.45) is 5.73 Å². The summed E-state index contributed by atoms with van der Waals surface area (Å²) in [6.45, 7) is 4.75. The Hall–Kier alpha value is -1.32. The summed E-state index contributed by atoms with van der Waals surface area (Å²) in [4.78, 5) is 4.13. The van der Waals surface area contributed by atoms with E-state index in [1.807, 2.05) is 18.3 Å². The van der Waals surface area contributed by atoms with Gasteiger partial charge in [-0.2, -0.15) is 0 Å². The Morgan fingerprint density at radius 1 is 1.38 bits per heavy atom. The zero-order valence-corrected chi connectivity index (χ0v) is 10.3. The fraction of sp³-hybridized carbons (Fsp3) is 0.250. The van der Waals surface area contributed by atoms with Crippen LogP contribution >= 0.6 is 12.4 Å². The number of halogens is 1. The van der Waals surface area contributed by atoms with Gasteiger partial charge in [-0.3, -0.25) is 4.98 Å². The normalized spacial score (nSPS) is 9.94. The molecule has 0 spiro atoms. The van der Waals surface area contributed by atoms with Crippen LogP contribution in [0.2, 0.25) is 0 Å². The van der Waals surface area contributed by atoms with E-state index >= 15 is 0 Å². The van der Waals surface area contributed by atoms with Crippen molar-refractivity contribution in [3.8, 4) is 5.69 Å². The predicted molar refractivity (Wildman–Crippen MR) is 68.2 cm³/mol. The molecule has 2 aromatic rings. The topological polar surface area (TPSA) is 43.8 Å². The minimum absolute atomic E-state index is 0. The summed E-state index contributed by atoms with van der Waals surface area (Å²) in [5, 5.41) is 0. The Kier molecular flexibility index (Phi) is 4.10. The second kappa shape index (κ2) is 5.14. The van der Waals surface area contributed by atoms with Gasteiger partial charge in [0, 0.05) is 24.1 Å². The molecule has 0 amide bonds. The standard InChI is InChI=1S/C12H15N3.ClH/c1-9-6-11(7-13)10(2)15(9)12-4-3-5-14-8-12;/h3-6,8H,7,13H2,1-2H3;1H. The first-order chi connectivity index (χ1) is 7.24. The van der Waals surface area contributed by atoms with Gasteiger partial charge in [0.05, 0.1) is 11.9 Å². The van der Waals surface area contributed by atoms with Crippen LogP contribution in [-0.2, 0) is 6.54 Å². The molecule has 2 heterocycles. The van der Waals surface area contributed by atoms with Crippen LogP contribution in [0, 0.1) is 13.8 Å². The van der Waals surface area contributed by atoms with Crippen molar-refractivity contribution in [1.82, 2.24) is 9.55 Å². The van der Waals surface area contributed by atoms with Gasteiger partial charge in [-0.15, -0.1) is 12.4 Å². The maximum atomic E-state index is 5.68. The number of nitrogens with two attached hydrogens (primary N) is 1. The largest absolute Gasteiger partial charge is 0.326 e. The maximum absolute atomic E-state index is 5.68. The van der Waals surface area contributed by atoms with Gasteiger partial charge in [-0.25, -0.2) is 0 Å². The first kappa shape index (κ1) is 12.7. The molecule has 86 valence electrons. The lowest BCUT2D eigenvalue weighted by Gasteiger charge is -2.08. The van der Waals surface area contributed by atoms with Crippen LogP contribution in [-0.4, -0.2) is 9.55 Å². The lowest BCUT2D eigenvalue weighted by atomic mass is 10.2. The first-order valence-corrected chi connectivity index (χ1v) is 5.02. The third-order valence-corrected chi connectivity index (χ3v) is 2.66. The van der Waals surface area contributed by atoms with Crippen LogP contribution in [0.25, 0.3) is 5.69 Å². The van der Waals surface area contributed by atoms with E-state index < -0.39 is 0 Å². The van der Waals surface area contributed by atoms with Gasteiger partial charge in [0.1, 0.15) is 0 Å². The van der Waals surface area contributed by atoms with E-state index in [9.17, 15) is 0 Å². The highest BCUT2D eigenvalue weighted by molar-refractivity contribution is 5.85. The van der Waals surface area contributed by atoms with Gasteiger partial charge in [-0.05, 0) is 37.6 Å². The minimum Gasteiger partial charge on any atom is -0.326 e. The van der Waals surface area contributed by atoms with Crippen LogP contribution in [0.4, 0.5) is 0 Å². The van der Waals surface area contributed by atoms with E-state index in [-0.39, 0.29) is 12.4 Å². The van der Waals surface area contributed by atoms with Gasteiger partial charge < -0.3 is 10.3 Å². The van der Waals surface area contributed by atoms with E-state index in [0.29, 0.717) is 6.54 Å². The quantitative estimate of drug-likeness (QED) is 0.872. The zero-order valence-electron chi connectivity index (χ0n) is 9.47. The van der Waals surface area contributed by atoms with Crippen LogP contribution in [0.15, 0.2) is 30.6 Å². The molecule has 0 aliphatic rings. The molecule has 0 aliphatic carbocycles. The smallest absolute Gasteiger partial charge is 0.0638 e. The highest BCUT2D eigenvalue weighted by atomic mass is 35.5. The van der Waals surface area contributed by atoms with E-state index in [0.717, 1.165) is 5.69 Å². The molecule has 0 fully saturated rings. The molecule has 2 N–H and O–H groups in total. The molecule has 0 bridgehead atoms. The maximum Gasteiger partial charge on any atom is 0.0638 e. The fourth-order valence-electron chi connectivity index (χ4n) is 1.92. The monoisotopic (exact) mass is 237 g/mol. The summed E-state index contributed by atoms with van der Waals surface area (Å²) in [7, 11) is 0. The van der Waals surface area contributed by atoms with Gasteiger partial charge in [0.25, 0.3) is 0 Å². The molecule has 2 rings (SSSR count). The Morgan fingerprint density at radius 2 is 2.12 bits per heavy atom. The summed E-state index contributed by atoms with van der Waals surface area (Å²) in [5.74, 6) is 0. The number of aryl methyl sites for hydroxylation is 1. The number of aromatic nitrogens is 2. The third-order valence-electron chi connectivity index (χ3n) is 2.66. The zero-order chi connectivity index (χ0) is 10.8. The molecule has 0 unspecified atom stereocenters. The van der Waals surface area contributed by atoms with Gasteiger partial charge in [-0.1, -0.05) is 0 Å². The van der Waals surface area contributed by atoms with Crippen molar-refractivity contribution in [2.45, 2.75) is 20.4 Å². The minimum atomic E-state index is 0. The summed E-state index contributed by atoms with van der Waals surface area (Å²) >= 11 is 0. The highest BCUT2D eigenvalue weighted by Gasteiger charge is 2.08. The Morgan fingerprint density at radius 3 is 2.62 bits per heavy atom. The van der Waals surface area contributed by atoms with Crippen molar-refractivity contribution in [3.63, 3.8) is 0 Å². The van der Waals surface area contributed by atoms with Gasteiger partial charge >= 0.3 is 0 Å². The van der Waals surface area contributed by atoms with Crippen molar-refractivity contribution in [2.75, 3.05) is 0 Å². The van der Waals surface area contributed by atoms with E-state index in [4.69, 9.17) is 5.73 Å². The molecule has 0 radical (unpaired) electrons. The molecular weight excluding hydrogens is 222 g/mol. The van der Waals surface area contributed by atoms with Crippen LogP contribution in [0.3, 0.4) is 0 Å². The van der Waals surface area contributed by atoms with E-state index in [1.165, 1.54) is 17.0 Å². The number of rotatable bonds is 2. The summed E-state index contributed by atoms with van der Waals surface area (Å²) in [6, 6.07) is 6.12. The molecule has 0 saturated heterocycles. The molecule has 16 heavy (non-hydrogen) atoms. The molecular formula is C12H16ClN3. The summed E-state index contributed by atoms with van der Waals surface area (Å²) < 4.78 is 2.18. The molecule has 0 aliphatic heterocycles. The van der Waals surface area contributed by atoms with E-state index in [1.54, 1.807) is 6.20 Å². The Balaban J connectivity index is 0.00000128. The average Bonchev–Trinajstić information content (AvgIpc) is 2.55. The first-order valence-electron chi connectivity index (χ1n) is 5.02. The SMILES string of the molecule is Cc1cc(CN)c(C)n1-c1cccnc1.Cl. The lowest BCUT2D eigenvalue weighted by Crippen LogP contribution is -2.02. The van der Waals surface area contributed by atoms with Gasteiger partial charge in [0.2, 0.25) is 0 Å². The number of pyridine rings is 1. The number of hydrogen-bond acceptors (Lipinski definition) is 2. The Labute approximate surface area is 102 Å². The fourth-order valence-corrected chi connectivity index (χ4v) is 1.92. The number of nitrogens with zero attached hydrogens (tertiary/aromatic N) is 2. The van der Waals surface area contributed by atoms with E-state index in [2.05, 4.69) is 29.5 Å². The Bertz CT molecular complexity index is 463. The molecule has 4 heteroatoms. The highest BCUT2D eigenvalue weighted by Crippen LogP contribution is 2.19. The van der Waals surface area contributed by atoms with Crippen LogP contribution < -0.4 is 5.73 Å². The lowest BCUT2D eigenvalue weighted by molar-refractivity contribution is 0.935. The van der Waals surface area contributed by atoms with Crippen LogP contribution in [0.1, 0.15) is 17.0 Å². The molecule has 0 aromatic carbocycles. The van der Waals surface area contributed by atoms with Gasteiger partial charge in [0.15, 0.2) is 0 Å². The molecule has 0 atom stereocenters. The summed E-state index contributed by atoms with van der Waals surface area (Å²) in [5.41, 5.74) is 10.4. The average molecular weight is 238 g/mol. The van der Waals surface area contributed by atoms with Crippen LogP contribution in [0.5, 0.6) is 0 Å². The predicted octanol–water partition coefficient (Wildman–Crippen LogP) is 2.37. The second-order valence-corrected chi connectivity index (χ2v) is 3.65. The second-order valence-electron chi connectivity index (χ2n) is 3.65. The third kappa shape index (κ3) is 2.10. The van der Waals surface area contributed by atoms with Crippen molar-refractivity contribution < 1.29 is 0 Å². The van der Waals surface area contributed by atoms with Crippen molar-refractivity contribution in [3.05, 3.63) is 47.5 Å². The summed E-state index contributed by atoms with van der Waals surface area (Å²) in [6.07, 6.45) is 3.64.